The minimum Gasteiger partial charge on any atom is -0.355 e. The predicted molar refractivity (Wildman–Crippen MR) is 55.7 cm³/mol. The number of nitrogens with one attached hydrogen (secondary N) is 1. The smallest absolute Gasteiger partial charge is 0.220 e. The van der Waals surface area contributed by atoms with Crippen molar-refractivity contribution in [3.8, 4) is 0 Å². The van der Waals surface area contributed by atoms with Gasteiger partial charge in [0.1, 0.15) is 0 Å². The first-order valence-corrected chi connectivity index (χ1v) is 6.99. The van der Waals surface area contributed by atoms with Crippen LogP contribution in [0.25, 0.3) is 0 Å². The molecule has 1 N–H and O–H groups in total. The van der Waals surface area contributed by atoms with E-state index in [1.54, 1.807) is 6.92 Å². The molecule has 0 fully saturated rings. The van der Waals surface area contributed by atoms with E-state index in [9.17, 15) is 13.2 Å². The van der Waals surface area contributed by atoms with Crippen LogP contribution in [0, 0.1) is 0 Å². The van der Waals surface area contributed by atoms with Gasteiger partial charge in [-0.25, -0.2) is 8.42 Å². The van der Waals surface area contributed by atoms with Gasteiger partial charge in [0, 0.05) is 24.0 Å². The number of carbonyl (C=O) groups excluding carboxylic acids is 1. The van der Waals surface area contributed by atoms with E-state index in [0.717, 1.165) is 0 Å². The van der Waals surface area contributed by atoms with Crippen molar-refractivity contribution >= 4 is 31.7 Å². The highest BCUT2D eigenvalue weighted by atomic mass is 79.9. The van der Waals surface area contributed by atoms with E-state index in [1.807, 2.05) is 0 Å². The van der Waals surface area contributed by atoms with Gasteiger partial charge in [0.2, 0.25) is 5.91 Å². The lowest BCUT2D eigenvalue weighted by Crippen LogP contribution is -2.29. The van der Waals surface area contributed by atoms with E-state index in [0.29, 0.717) is 11.8 Å². The minimum atomic E-state index is -2.96. The summed E-state index contributed by atoms with van der Waals surface area (Å²) < 4.78 is 22.0. The number of halogens is 1. The fourth-order valence-electron chi connectivity index (χ4n) is 0.664. The molecule has 0 heterocycles. The van der Waals surface area contributed by atoms with Crippen LogP contribution in [-0.2, 0) is 14.6 Å². The van der Waals surface area contributed by atoms with Crippen molar-refractivity contribution in [1.82, 2.24) is 5.32 Å². The average Bonchev–Trinajstić information content (AvgIpc) is 2.05. The Hall–Kier alpha value is -0.100. The Morgan fingerprint density at radius 2 is 2.08 bits per heavy atom. The molecular weight excluding hydrogens is 258 g/mol. The van der Waals surface area contributed by atoms with Crippen molar-refractivity contribution in [2.24, 2.45) is 0 Å². The summed E-state index contributed by atoms with van der Waals surface area (Å²) in [6, 6.07) is 0. The highest BCUT2D eigenvalue weighted by Crippen LogP contribution is 1.89. The highest BCUT2D eigenvalue weighted by Gasteiger charge is 2.07. The second kappa shape index (κ2) is 6.37. The van der Waals surface area contributed by atoms with E-state index in [2.05, 4.69) is 21.2 Å². The number of sulfone groups is 1. The minimum absolute atomic E-state index is 0.0253. The van der Waals surface area contributed by atoms with Crippen LogP contribution in [0.15, 0.2) is 0 Å². The van der Waals surface area contributed by atoms with Crippen LogP contribution in [0.2, 0.25) is 0 Å². The van der Waals surface area contributed by atoms with Crippen molar-refractivity contribution in [2.75, 3.05) is 23.4 Å². The number of hydrogen-bond acceptors (Lipinski definition) is 3. The van der Waals surface area contributed by atoms with Gasteiger partial charge < -0.3 is 5.32 Å². The van der Waals surface area contributed by atoms with Gasteiger partial charge in [0.05, 0.1) is 5.75 Å². The third-order valence-corrected chi connectivity index (χ3v) is 3.60. The molecule has 0 aliphatic heterocycles. The number of amides is 1. The summed E-state index contributed by atoms with van der Waals surface area (Å²) in [5.74, 6) is 0.0296. The molecule has 0 bridgehead atoms. The highest BCUT2D eigenvalue weighted by molar-refractivity contribution is 9.09. The maximum atomic E-state index is 11.0. The van der Waals surface area contributed by atoms with Crippen molar-refractivity contribution in [1.29, 1.82) is 0 Å². The summed E-state index contributed by atoms with van der Waals surface area (Å²) >= 11 is 3.12. The number of hydrogen-bond donors (Lipinski definition) is 1. The monoisotopic (exact) mass is 271 g/mol. The zero-order valence-corrected chi connectivity index (χ0v) is 9.95. The van der Waals surface area contributed by atoms with Crippen LogP contribution >= 0.6 is 15.9 Å². The van der Waals surface area contributed by atoms with E-state index < -0.39 is 9.84 Å². The first-order valence-electron chi connectivity index (χ1n) is 4.05. The Bertz CT molecular complexity index is 250. The Labute approximate surface area is 87.1 Å². The lowest BCUT2D eigenvalue weighted by Gasteiger charge is -2.03. The first-order chi connectivity index (χ1) is 6.02. The topological polar surface area (TPSA) is 63.2 Å². The van der Waals surface area contributed by atoms with Crippen LogP contribution in [0.4, 0.5) is 0 Å². The standard InChI is InChI=1S/C7H14BrNO3S/c1-2-13(11,12)6-5-9-7(10)3-4-8/h2-6H2,1H3,(H,9,10). The zero-order chi connectivity index (χ0) is 10.3. The Morgan fingerprint density at radius 3 is 2.54 bits per heavy atom. The van der Waals surface area contributed by atoms with Gasteiger partial charge in [-0.1, -0.05) is 22.9 Å². The summed E-state index contributed by atoms with van der Waals surface area (Å²) in [4.78, 5) is 10.9. The maximum Gasteiger partial charge on any atom is 0.220 e. The van der Waals surface area contributed by atoms with E-state index in [4.69, 9.17) is 0 Å². The molecule has 6 heteroatoms. The summed E-state index contributed by atoms with van der Waals surface area (Å²) in [5.41, 5.74) is 0. The molecule has 0 aromatic rings. The van der Waals surface area contributed by atoms with E-state index in [1.165, 1.54) is 0 Å². The fourth-order valence-corrected chi connectivity index (χ4v) is 1.73. The molecule has 0 aromatic carbocycles. The Balaban J connectivity index is 3.62. The number of carbonyl (C=O) groups is 1. The Kier molecular flexibility index (Phi) is 6.32. The third-order valence-electron chi connectivity index (χ3n) is 1.50. The van der Waals surface area contributed by atoms with E-state index in [-0.39, 0.29) is 24.0 Å². The van der Waals surface area contributed by atoms with E-state index >= 15 is 0 Å². The average molecular weight is 272 g/mol. The van der Waals surface area contributed by atoms with Gasteiger partial charge in [-0.2, -0.15) is 0 Å². The second-order valence-corrected chi connectivity index (χ2v) is 5.79. The molecule has 0 saturated heterocycles. The largest absolute Gasteiger partial charge is 0.355 e. The van der Waals surface area contributed by atoms with Gasteiger partial charge in [-0.15, -0.1) is 0 Å². The molecule has 0 aromatic heterocycles. The molecule has 0 unspecified atom stereocenters. The van der Waals surface area contributed by atoms with Crippen LogP contribution < -0.4 is 5.32 Å². The molecule has 0 saturated carbocycles. The van der Waals surface area contributed by atoms with Crippen LogP contribution in [-0.4, -0.2) is 37.7 Å². The van der Waals surface area contributed by atoms with Crippen molar-refractivity contribution < 1.29 is 13.2 Å². The predicted octanol–water partition coefficient (Wildman–Crippen LogP) is 0.322. The van der Waals surface area contributed by atoms with Crippen molar-refractivity contribution in [3.05, 3.63) is 0 Å². The third kappa shape index (κ3) is 7.01. The molecule has 0 atom stereocenters. The molecule has 0 aliphatic carbocycles. The van der Waals surface area contributed by atoms with Crippen LogP contribution in [0.1, 0.15) is 13.3 Å². The summed E-state index contributed by atoms with van der Waals surface area (Å²) in [5, 5.41) is 3.12. The SMILES string of the molecule is CCS(=O)(=O)CCNC(=O)CCBr. The van der Waals surface area contributed by atoms with Crippen molar-refractivity contribution in [3.63, 3.8) is 0 Å². The Morgan fingerprint density at radius 1 is 1.46 bits per heavy atom. The van der Waals surface area contributed by atoms with Crippen LogP contribution in [0.3, 0.4) is 0 Å². The second-order valence-electron chi connectivity index (χ2n) is 2.53. The summed E-state index contributed by atoms with van der Waals surface area (Å²) in [6.45, 7) is 1.80. The maximum absolute atomic E-state index is 11.0. The molecule has 1 amide bonds. The molecule has 0 aliphatic rings. The molecule has 0 radical (unpaired) electrons. The molecule has 13 heavy (non-hydrogen) atoms. The van der Waals surface area contributed by atoms with Gasteiger partial charge in [0.25, 0.3) is 0 Å². The molecule has 78 valence electrons. The van der Waals surface area contributed by atoms with Gasteiger partial charge in [-0.3, -0.25) is 4.79 Å². The lowest BCUT2D eigenvalue weighted by atomic mass is 10.4. The summed E-state index contributed by atoms with van der Waals surface area (Å²) in [7, 11) is -2.96. The summed E-state index contributed by atoms with van der Waals surface area (Å²) in [6.07, 6.45) is 0.381. The van der Waals surface area contributed by atoms with Crippen molar-refractivity contribution in [2.45, 2.75) is 13.3 Å². The van der Waals surface area contributed by atoms with Crippen LogP contribution in [0.5, 0.6) is 0 Å². The number of rotatable bonds is 6. The first kappa shape index (κ1) is 12.9. The fraction of sp³-hybridized carbons (Fsp3) is 0.857. The van der Waals surface area contributed by atoms with Gasteiger partial charge in [-0.05, 0) is 0 Å². The zero-order valence-electron chi connectivity index (χ0n) is 7.55. The quantitative estimate of drug-likeness (QED) is 0.708. The molecule has 0 spiro atoms. The molecule has 4 nitrogen and oxygen atoms in total. The lowest BCUT2D eigenvalue weighted by molar-refractivity contribution is -0.120. The van der Waals surface area contributed by atoms with Gasteiger partial charge >= 0.3 is 0 Å². The molecular formula is C7H14BrNO3S. The number of alkyl halides is 1. The molecule has 0 rings (SSSR count). The van der Waals surface area contributed by atoms with Gasteiger partial charge in [0.15, 0.2) is 9.84 Å². The normalized spacial score (nSPS) is 11.2.